The lowest BCUT2D eigenvalue weighted by atomic mass is 10.2. The molecule has 1 aliphatic rings. The molecule has 0 spiro atoms. The topological polar surface area (TPSA) is 9.34 Å². The van der Waals surface area contributed by atoms with Gasteiger partial charge in [0.2, 0.25) is 0 Å². The van der Waals surface area contributed by atoms with Crippen molar-refractivity contribution in [2.24, 2.45) is 0 Å². The third-order valence-electron chi connectivity index (χ3n) is 3.24. The fourth-order valence-corrected chi connectivity index (χ4v) is 2.65. The van der Waals surface area contributed by atoms with Crippen molar-refractivity contribution in [2.45, 2.75) is 20.4 Å². The van der Waals surface area contributed by atoms with Gasteiger partial charge in [-0.3, -0.25) is 0 Å². The highest BCUT2D eigenvalue weighted by Crippen LogP contribution is 2.29. The molecular formula is C13H14N2. The van der Waals surface area contributed by atoms with Gasteiger partial charge in [-0.05, 0) is 30.2 Å². The van der Waals surface area contributed by atoms with Gasteiger partial charge in [0.15, 0.2) is 0 Å². The second-order valence-corrected chi connectivity index (χ2v) is 3.92. The minimum atomic E-state index is 0. The molecule has 0 unspecified atom stereocenters. The van der Waals surface area contributed by atoms with Gasteiger partial charge in [-0.1, -0.05) is 19.6 Å². The highest BCUT2D eigenvalue weighted by molar-refractivity contribution is 5.86. The standard InChI is InChI=1S/C12H10N2.CH4/c1-3-9-6-8-14-11-5-2-7-13(11)10(4-1)12(9)14;/h1-5,7H,6,8H2;1H4. The van der Waals surface area contributed by atoms with Crippen LogP contribution in [0.1, 0.15) is 13.0 Å². The van der Waals surface area contributed by atoms with Gasteiger partial charge in [0.25, 0.3) is 0 Å². The molecule has 3 aromatic rings. The van der Waals surface area contributed by atoms with Crippen molar-refractivity contribution in [1.82, 2.24) is 8.97 Å². The Labute approximate surface area is 88.7 Å². The summed E-state index contributed by atoms with van der Waals surface area (Å²) in [5, 5.41) is 0. The van der Waals surface area contributed by atoms with E-state index in [1.807, 2.05) is 0 Å². The molecule has 2 aromatic heterocycles. The number of hydrogen-bond donors (Lipinski definition) is 0. The van der Waals surface area contributed by atoms with E-state index in [2.05, 4.69) is 45.5 Å². The summed E-state index contributed by atoms with van der Waals surface area (Å²) in [6.45, 7) is 1.14. The van der Waals surface area contributed by atoms with Crippen LogP contribution in [0.4, 0.5) is 0 Å². The average Bonchev–Trinajstić information content (AvgIpc) is 2.87. The largest absolute Gasteiger partial charge is 0.325 e. The van der Waals surface area contributed by atoms with E-state index < -0.39 is 0 Å². The van der Waals surface area contributed by atoms with E-state index in [9.17, 15) is 0 Å². The van der Waals surface area contributed by atoms with Crippen LogP contribution >= 0.6 is 0 Å². The first kappa shape index (κ1) is 8.60. The summed E-state index contributed by atoms with van der Waals surface area (Å²) < 4.78 is 4.70. The molecule has 0 atom stereocenters. The first-order valence-electron chi connectivity index (χ1n) is 5.02. The predicted molar refractivity (Wildman–Crippen MR) is 63.3 cm³/mol. The molecule has 0 N–H and O–H groups in total. The Kier molecular flexibility index (Phi) is 1.52. The van der Waals surface area contributed by atoms with Crippen LogP contribution in [0.3, 0.4) is 0 Å². The molecule has 0 amide bonds. The number of aryl methyl sites for hydroxylation is 2. The van der Waals surface area contributed by atoms with Gasteiger partial charge in [0, 0.05) is 12.7 Å². The second-order valence-electron chi connectivity index (χ2n) is 3.92. The fraction of sp³-hybridized carbons (Fsp3) is 0.231. The molecule has 0 saturated heterocycles. The zero-order valence-corrected chi connectivity index (χ0v) is 7.77. The molecule has 0 aliphatic carbocycles. The van der Waals surface area contributed by atoms with Crippen LogP contribution in [0, 0.1) is 0 Å². The van der Waals surface area contributed by atoms with Crippen molar-refractivity contribution in [3.05, 3.63) is 42.1 Å². The van der Waals surface area contributed by atoms with Gasteiger partial charge < -0.3 is 8.97 Å². The van der Waals surface area contributed by atoms with E-state index in [0.29, 0.717) is 0 Å². The van der Waals surface area contributed by atoms with Gasteiger partial charge in [-0.25, -0.2) is 0 Å². The van der Waals surface area contributed by atoms with Crippen molar-refractivity contribution in [2.75, 3.05) is 0 Å². The number of para-hydroxylation sites is 1. The number of rotatable bonds is 0. The van der Waals surface area contributed by atoms with Crippen molar-refractivity contribution in [1.29, 1.82) is 0 Å². The maximum atomic E-state index is 2.42. The van der Waals surface area contributed by atoms with E-state index in [1.165, 1.54) is 28.7 Å². The Morgan fingerprint density at radius 2 is 2.00 bits per heavy atom. The van der Waals surface area contributed by atoms with Crippen molar-refractivity contribution in [3.8, 4) is 0 Å². The van der Waals surface area contributed by atoms with Crippen molar-refractivity contribution in [3.63, 3.8) is 0 Å². The summed E-state index contributed by atoms with van der Waals surface area (Å²) in [4.78, 5) is 0. The summed E-state index contributed by atoms with van der Waals surface area (Å²) in [6, 6.07) is 10.9. The lowest BCUT2D eigenvalue weighted by molar-refractivity contribution is 0.787. The second kappa shape index (κ2) is 2.66. The van der Waals surface area contributed by atoms with Crippen LogP contribution in [0.15, 0.2) is 36.5 Å². The SMILES string of the molecule is C.c1cc2c3c(c1)n1cccc1n3CC2. The van der Waals surface area contributed by atoms with Gasteiger partial charge >= 0.3 is 0 Å². The molecule has 3 heterocycles. The molecule has 1 aromatic carbocycles. The maximum absolute atomic E-state index is 2.42. The van der Waals surface area contributed by atoms with Crippen molar-refractivity contribution < 1.29 is 0 Å². The average molecular weight is 198 g/mol. The number of aromatic nitrogens is 2. The van der Waals surface area contributed by atoms with Gasteiger partial charge in [-0.2, -0.15) is 0 Å². The number of fused-ring (bicyclic) bond motifs is 3. The Balaban J connectivity index is 0.000000722. The van der Waals surface area contributed by atoms with Crippen LogP contribution < -0.4 is 0 Å². The summed E-state index contributed by atoms with van der Waals surface area (Å²) in [5.74, 6) is 0. The minimum absolute atomic E-state index is 0. The normalized spacial score (nSPS) is 13.6. The van der Waals surface area contributed by atoms with Crippen LogP contribution in [0.2, 0.25) is 0 Å². The highest BCUT2D eigenvalue weighted by atomic mass is 15.1. The maximum Gasteiger partial charge on any atom is 0.117 e. The smallest absolute Gasteiger partial charge is 0.117 e. The molecule has 76 valence electrons. The van der Waals surface area contributed by atoms with Crippen molar-refractivity contribution >= 4 is 16.7 Å². The molecule has 15 heavy (non-hydrogen) atoms. The molecule has 0 saturated carbocycles. The monoisotopic (exact) mass is 198 g/mol. The molecule has 0 radical (unpaired) electrons. The number of hydrogen-bond acceptors (Lipinski definition) is 0. The Morgan fingerprint density at radius 3 is 2.93 bits per heavy atom. The number of imidazole rings is 1. The lowest BCUT2D eigenvalue weighted by Gasteiger charge is -1.94. The quantitative estimate of drug-likeness (QED) is 0.525. The minimum Gasteiger partial charge on any atom is -0.325 e. The van der Waals surface area contributed by atoms with Gasteiger partial charge in [0.05, 0.1) is 11.0 Å². The Bertz CT molecular complexity index is 643. The van der Waals surface area contributed by atoms with E-state index in [1.54, 1.807) is 0 Å². The Morgan fingerprint density at radius 1 is 1.07 bits per heavy atom. The molecule has 2 nitrogen and oxygen atoms in total. The molecule has 0 bridgehead atoms. The Hall–Kier alpha value is -1.70. The molecule has 2 heteroatoms. The first-order chi connectivity index (χ1) is 6.95. The van der Waals surface area contributed by atoms with E-state index in [4.69, 9.17) is 0 Å². The van der Waals surface area contributed by atoms with Gasteiger partial charge in [-0.15, -0.1) is 0 Å². The number of benzene rings is 1. The van der Waals surface area contributed by atoms with E-state index in [-0.39, 0.29) is 7.43 Å². The summed E-state index contributed by atoms with van der Waals surface area (Å²) in [5.41, 5.74) is 5.60. The van der Waals surface area contributed by atoms with E-state index in [0.717, 1.165) is 6.54 Å². The van der Waals surface area contributed by atoms with Crippen LogP contribution in [0.25, 0.3) is 16.7 Å². The lowest BCUT2D eigenvalue weighted by Crippen LogP contribution is -1.91. The molecular weight excluding hydrogens is 184 g/mol. The third kappa shape index (κ3) is 0.845. The van der Waals surface area contributed by atoms with E-state index >= 15 is 0 Å². The molecule has 4 rings (SSSR count). The molecule has 1 aliphatic heterocycles. The summed E-state index contributed by atoms with van der Waals surface area (Å²) in [6.07, 6.45) is 3.33. The number of nitrogens with zero attached hydrogens (tertiary/aromatic N) is 2. The van der Waals surface area contributed by atoms with Gasteiger partial charge in [0.1, 0.15) is 5.65 Å². The molecule has 0 fully saturated rings. The van der Waals surface area contributed by atoms with Crippen LogP contribution in [-0.4, -0.2) is 8.97 Å². The van der Waals surface area contributed by atoms with Crippen LogP contribution in [-0.2, 0) is 13.0 Å². The zero-order chi connectivity index (χ0) is 9.12. The zero-order valence-electron chi connectivity index (χ0n) is 7.77. The highest BCUT2D eigenvalue weighted by Gasteiger charge is 2.17. The predicted octanol–water partition coefficient (Wildman–Crippen LogP) is 3.09. The summed E-state index contributed by atoms with van der Waals surface area (Å²) in [7, 11) is 0. The fourth-order valence-electron chi connectivity index (χ4n) is 2.65. The first-order valence-corrected chi connectivity index (χ1v) is 5.02. The third-order valence-corrected chi connectivity index (χ3v) is 3.24. The van der Waals surface area contributed by atoms with Crippen LogP contribution in [0.5, 0.6) is 0 Å². The summed E-state index contributed by atoms with van der Waals surface area (Å²) >= 11 is 0.